The minimum absolute atomic E-state index is 0.107. The number of aryl methyl sites for hydroxylation is 1. The quantitative estimate of drug-likeness (QED) is 0.766. The maximum atomic E-state index is 12.3. The van der Waals surface area contributed by atoms with E-state index in [9.17, 15) is 14.4 Å². The van der Waals surface area contributed by atoms with Crippen molar-refractivity contribution >= 4 is 11.9 Å². The second-order valence-electron chi connectivity index (χ2n) is 4.96. The summed E-state index contributed by atoms with van der Waals surface area (Å²) >= 11 is 0. The number of hydrogen-bond donors (Lipinski definition) is 1. The average Bonchev–Trinajstić information content (AvgIpc) is 2.48. The molecule has 0 radical (unpaired) electrons. The minimum atomic E-state index is -0.817. The van der Waals surface area contributed by atoms with Crippen LogP contribution >= 0.6 is 0 Å². The van der Waals surface area contributed by atoms with Gasteiger partial charge in [0.25, 0.3) is 11.5 Å². The van der Waals surface area contributed by atoms with Crippen molar-refractivity contribution in [3.05, 3.63) is 28.2 Å². The Balaban J connectivity index is 1.92. The van der Waals surface area contributed by atoms with Gasteiger partial charge in [0, 0.05) is 45.8 Å². The Labute approximate surface area is 121 Å². The minimum Gasteiger partial charge on any atom is -0.481 e. The molecule has 0 unspecified atom stereocenters. The lowest BCUT2D eigenvalue weighted by Gasteiger charge is -2.34. The molecule has 0 bridgehead atoms. The van der Waals surface area contributed by atoms with Crippen LogP contribution in [-0.2, 0) is 11.8 Å². The molecule has 2 rings (SSSR count). The number of hydrogen-bond acceptors (Lipinski definition) is 5. The molecule has 0 atom stereocenters. The van der Waals surface area contributed by atoms with E-state index in [1.807, 2.05) is 4.90 Å². The molecule has 1 amide bonds. The summed E-state index contributed by atoms with van der Waals surface area (Å²) < 4.78 is 1.14. The van der Waals surface area contributed by atoms with Crippen LogP contribution in [0.1, 0.15) is 16.9 Å². The molecule has 0 saturated carbocycles. The van der Waals surface area contributed by atoms with Crippen molar-refractivity contribution in [2.75, 3.05) is 32.7 Å². The molecule has 1 fully saturated rings. The smallest absolute Gasteiger partial charge is 0.304 e. The first-order chi connectivity index (χ1) is 9.97. The third-order valence-corrected chi connectivity index (χ3v) is 3.48. The molecule has 1 aliphatic heterocycles. The summed E-state index contributed by atoms with van der Waals surface area (Å²) in [6.07, 6.45) is 0.107. The summed E-state index contributed by atoms with van der Waals surface area (Å²) in [5.74, 6) is -1.02. The molecule has 1 aliphatic rings. The number of carboxylic acids is 1. The molecule has 8 heteroatoms. The summed E-state index contributed by atoms with van der Waals surface area (Å²) in [5.41, 5.74) is -0.0128. The second kappa shape index (κ2) is 6.49. The Hall–Kier alpha value is -2.22. The number of carbonyl (C=O) groups excluding carboxylic acids is 1. The van der Waals surface area contributed by atoms with Gasteiger partial charge in [-0.2, -0.15) is 5.10 Å². The van der Waals surface area contributed by atoms with Gasteiger partial charge in [0.05, 0.1) is 6.42 Å². The fraction of sp³-hybridized carbons (Fsp3) is 0.538. The third-order valence-electron chi connectivity index (χ3n) is 3.48. The molecule has 114 valence electrons. The number of rotatable bonds is 4. The van der Waals surface area contributed by atoms with E-state index in [0.29, 0.717) is 32.7 Å². The third kappa shape index (κ3) is 3.88. The van der Waals surface area contributed by atoms with E-state index in [-0.39, 0.29) is 23.6 Å². The van der Waals surface area contributed by atoms with Crippen LogP contribution in [0.2, 0.25) is 0 Å². The highest BCUT2D eigenvalue weighted by Gasteiger charge is 2.23. The molecule has 1 saturated heterocycles. The number of aromatic nitrogens is 2. The SMILES string of the molecule is Cn1nc(C(=O)N2CCN(CCC(=O)O)CC2)ccc1=O. The molecular formula is C13H18N4O4. The van der Waals surface area contributed by atoms with Crippen molar-refractivity contribution < 1.29 is 14.7 Å². The van der Waals surface area contributed by atoms with Crippen molar-refractivity contribution in [2.45, 2.75) is 6.42 Å². The highest BCUT2D eigenvalue weighted by atomic mass is 16.4. The molecule has 1 N–H and O–H groups in total. The van der Waals surface area contributed by atoms with Crippen molar-refractivity contribution in [1.82, 2.24) is 19.6 Å². The zero-order chi connectivity index (χ0) is 15.4. The molecular weight excluding hydrogens is 276 g/mol. The van der Waals surface area contributed by atoms with Crippen LogP contribution in [-0.4, -0.2) is 69.3 Å². The maximum absolute atomic E-state index is 12.3. The van der Waals surface area contributed by atoms with Crippen LogP contribution in [0, 0.1) is 0 Å². The Morgan fingerprint density at radius 3 is 2.48 bits per heavy atom. The molecule has 0 aliphatic carbocycles. The normalized spacial score (nSPS) is 16.0. The first kappa shape index (κ1) is 15.2. The lowest BCUT2D eigenvalue weighted by atomic mass is 10.2. The zero-order valence-corrected chi connectivity index (χ0v) is 11.9. The topological polar surface area (TPSA) is 95.7 Å². The van der Waals surface area contributed by atoms with Gasteiger partial charge in [-0.15, -0.1) is 0 Å². The summed E-state index contributed by atoms with van der Waals surface area (Å²) in [6.45, 7) is 2.84. The van der Waals surface area contributed by atoms with Crippen LogP contribution < -0.4 is 5.56 Å². The van der Waals surface area contributed by atoms with E-state index in [1.54, 1.807) is 4.90 Å². The van der Waals surface area contributed by atoms with E-state index in [4.69, 9.17) is 5.11 Å². The molecule has 2 heterocycles. The number of carboxylic acid groups (broad SMARTS) is 1. The number of carbonyl (C=O) groups is 2. The van der Waals surface area contributed by atoms with Gasteiger partial charge >= 0.3 is 5.97 Å². The maximum Gasteiger partial charge on any atom is 0.304 e. The molecule has 0 spiro atoms. The number of nitrogens with zero attached hydrogens (tertiary/aromatic N) is 4. The number of amides is 1. The van der Waals surface area contributed by atoms with E-state index >= 15 is 0 Å². The zero-order valence-electron chi connectivity index (χ0n) is 11.9. The Bertz CT molecular complexity index is 590. The predicted octanol–water partition coefficient (Wildman–Crippen LogP) is -0.987. The van der Waals surface area contributed by atoms with Gasteiger partial charge in [-0.05, 0) is 6.07 Å². The van der Waals surface area contributed by atoms with Crippen LogP contribution in [0.15, 0.2) is 16.9 Å². The average molecular weight is 294 g/mol. The van der Waals surface area contributed by atoms with E-state index in [0.717, 1.165) is 4.68 Å². The highest BCUT2D eigenvalue weighted by molar-refractivity contribution is 5.92. The van der Waals surface area contributed by atoms with E-state index in [1.165, 1.54) is 19.2 Å². The lowest BCUT2D eigenvalue weighted by Crippen LogP contribution is -2.49. The van der Waals surface area contributed by atoms with Crippen molar-refractivity contribution in [3.63, 3.8) is 0 Å². The predicted molar refractivity (Wildman–Crippen MR) is 74.1 cm³/mol. The Kier molecular flexibility index (Phi) is 4.69. The number of piperazine rings is 1. The van der Waals surface area contributed by atoms with Crippen molar-refractivity contribution in [3.8, 4) is 0 Å². The standard InChI is InChI=1S/C13H18N4O4/c1-15-11(18)3-2-10(14-15)13(21)17-8-6-16(7-9-17)5-4-12(19)20/h2-3H,4-9H2,1H3,(H,19,20). The van der Waals surface area contributed by atoms with E-state index in [2.05, 4.69) is 5.10 Å². The van der Waals surface area contributed by atoms with Crippen LogP contribution in [0.25, 0.3) is 0 Å². The first-order valence-electron chi connectivity index (χ1n) is 6.75. The number of aliphatic carboxylic acids is 1. The van der Waals surface area contributed by atoms with Gasteiger partial charge in [-0.3, -0.25) is 19.3 Å². The van der Waals surface area contributed by atoms with Gasteiger partial charge in [0.2, 0.25) is 0 Å². The molecule has 8 nitrogen and oxygen atoms in total. The monoisotopic (exact) mass is 294 g/mol. The van der Waals surface area contributed by atoms with Gasteiger partial charge in [-0.1, -0.05) is 0 Å². The van der Waals surface area contributed by atoms with E-state index < -0.39 is 5.97 Å². The fourth-order valence-electron chi connectivity index (χ4n) is 2.21. The van der Waals surface area contributed by atoms with Crippen LogP contribution in [0.3, 0.4) is 0 Å². The van der Waals surface area contributed by atoms with Crippen molar-refractivity contribution in [2.24, 2.45) is 7.05 Å². The van der Waals surface area contributed by atoms with Gasteiger partial charge < -0.3 is 10.0 Å². The molecule has 1 aromatic heterocycles. The Morgan fingerprint density at radius 1 is 1.24 bits per heavy atom. The summed E-state index contributed by atoms with van der Waals surface area (Å²) in [7, 11) is 1.50. The molecule has 21 heavy (non-hydrogen) atoms. The Morgan fingerprint density at radius 2 is 1.90 bits per heavy atom. The van der Waals surface area contributed by atoms with Gasteiger partial charge in [-0.25, -0.2) is 4.68 Å². The van der Waals surface area contributed by atoms with Crippen molar-refractivity contribution in [1.29, 1.82) is 0 Å². The molecule has 0 aromatic carbocycles. The van der Waals surface area contributed by atoms with Gasteiger partial charge in [0.1, 0.15) is 5.69 Å². The molecule has 1 aromatic rings. The lowest BCUT2D eigenvalue weighted by molar-refractivity contribution is -0.137. The summed E-state index contributed by atoms with van der Waals surface area (Å²) in [4.78, 5) is 37.8. The highest BCUT2D eigenvalue weighted by Crippen LogP contribution is 2.06. The largest absolute Gasteiger partial charge is 0.481 e. The summed E-state index contributed by atoms with van der Waals surface area (Å²) in [5, 5.41) is 12.6. The van der Waals surface area contributed by atoms with Gasteiger partial charge in [0.15, 0.2) is 0 Å². The summed E-state index contributed by atoms with van der Waals surface area (Å²) in [6, 6.07) is 2.75. The van der Waals surface area contributed by atoms with Crippen LogP contribution in [0.4, 0.5) is 0 Å². The van der Waals surface area contributed by atoms with Crippen LogP contribution in [0.5, 0.6) is 0 Å². The first-order valence-corrected chi connectivity index (χ1v) is 6.75. The fourth-order valence-corrected chi connectivity index (χ4v) is 2.21. The second-order valence-corrected chi connectivity index (χ2v) is 4.96.